The van der Waals surface area contributed by atoms with Gasteiger partial charge in [0.25, 0.3) is 11.8 Å². The number of benzene rings is 2. The zero-order valence-electron chi connectivity index (χ0n) is 18.8. The number of nitrogens with zero attached hydrogens (tertiary/aromatic N) is 2. The van der Waals surface area contributed by atoms with Gasteiger partial charge in [0, 0.05) is 6.20 Å². The molecule has 0 bridgehead atoms. The lowest BCUT2D eigenvalue weighted by Gasteiger charge is -2.26. The van der Waals surface area contributed by atoms with Crippen LogP contribution < -0.4 is 24.4 Å². The topological polar surface area (TPSA) is 107 Å². The third-order valence-electron chi connectivity index (χ3n) is 5.09. The van der Waals surface area contributed by atoms with Crippen molar-refractivity contribution in [1.29, 1.82) is 0 Å². The molecule has 0 unspecified atom stereocenters. The highest BCUT2D eigenvalue weighted by molar-refractivity contribution is 9.10. The van der Waals surface area contributed by atoms with Crippen LogP contribution in [0.4, 0.5) is 10.5 Å². The molecule has 1 aliphatic rings. The number of anilines is 1. The molecule has 0 aliphatic carbocycles. The average molecular weight is 538 g/mol. The molecule has 1 fully saturated rings. The van der Waals surface area contributed by atoms with Crippen molar-refractivity contribution in [2.75, 3.05) is 19.1 Å². The first-order valence-corrected chi connectivity index (χ1v) is 11.2. The maximum Gasteiger partial charge on any atom is 0.335 e. The minimum Gasteiger partial charge on any atom is -0.497 e. The number of pyridine rings is 1. The fourth-order valence-corrected chi connectivity index (χ4v) is 3.96. The number of carbonyl (C=O) groups is 3. The van der Waals surface area contributed by atoms with E-state index in [9.17, 15) is 14.4 Å². The lowest BCUT2D eigenvalue weighted by molar-refractivity contribution is -0.122. The molecule has 0 radical (unpaired) electrons. The van der Waals surface area contributed by atoms with Crippen LogP contribution in [-0.4, -0.2) is 37.0 Å². The van der Waals surface area contributed by atoms with E-state index >= 15 is 0 Å². The molecule has 3 aromatic rings. The molecular weight excluding hydrogens is 518 g/mol. The summed E-state index contributed by atoms with van der Waals surface area (Å²) in [7, 11) is 2.99. The van der Waals surface area contributed by atoms with Gasteiger partial charge in [0.05, 0.1) is 30.1 Å². The molecule has 0 atom stereocenters. The van der Waals surface area contributed by atoms with Gasteiger partial charge in [0.15, 0.2) is 11.5 Å². The predicted octanol–water partition coefficient (Wildman–Crippen LogP) is 4.11. The second-order valence-electron chi connectivity index (χ2n) is 7.30. The van der Waals surface area contributed by atoms with Crippen LogP contribution in [0.25, 0.3) is 6.08 Å². The summed E-state index contributed by atoms with van der Waals surface area (Å²) in [6, 6.07) is 14.3. The molecule has 9 nitrogen and oxygen atoms in total. The number of barbiturate groups is 1. The Bertz CT molecular complexity index is 1310. The third-order valence-corrected chi connectivity index (χ3v) is 5.67. The summed E-state index contributed by atoms with van der Waals surface area (Å²) in [6.45, 7) is 0.218. The second kappa shape index (κ2) is 10.4. The van der Waals surface area contributed by atoms with Crippen molar-refractivity contribution in [3.05, 3.63) is 82.1 Å². The molecule has 4 amide bonds. The number of amides is 4. The number of imide groups is 2. The highest BCUT2D eigenvalue weighted by Crippen LogP contribution is 2.38. The Morgan fingerprint density at radius 3 is 2.46 bits per heavy atom. The summed E-state index contributed by atoms with van der Waals surface area (Å²) in [5, 5.41) is 2.20. The number of hydrogen-bond donors (Lipinski definition) is 1. The van der Waals surface area contributed by atoms with E-state index in [1.54, 1.807) is 42.6 Å². The van der Waals surface area contributed by atoms with Gasteiger partial charge < -0.3 is 14.2 Å². The molecule has 1 saturated heterocycles. The lowest BCUT2D eigenvalue weighted by atomic mass is 10.1. The van der Waals surface area contributed by atoms with E-state index in [-0.39, 0.29) is 12.2 Å². The van der Waals surface area contributed by atoms with Crippen molar-refractivity contribution in [2.24, 2.45) is 0 Å². The minimum atomic E-state index is -0.834. The Hall–Kier alpha value is -4.18. The van der Waals surface area contributed by atoms with Gasteiger partial charge in [0.2, 0.25) is 0 Å². The van der Waals surface area contributed by atoms with Gasteiger partial charge in [-0.3, -0.25) is 19.9 Å². The first-order chi connectivity index (χ1) is 16.9. The van der Waals surface area contributed by atoms with Gasteiger partial charge in [-0.1, -0.05) is 6.07 Å². The van der Waals surface area contributed by atoms with Crippen LogP contribution in [0.5, 0.6) is 17.2 Å². The standard InChI is InChI=1S/C25H20BrN3O6/c1-33-18-8-6-17(7-9-18)29-24(31)19(23(30)28-25(29)32)11-15-12-20(26)22(21(13-15)34-2)35-14-16-5-3-4-10-27-16/h3-13H,14H2,1-2H3,(H,28,30,32)/b19-11-. The summed E-state index contributed by atoms with van der Waals surface area (Å²) < 4.78 is 17.0. The first-order valence-electron chi connectivity index (χ1n) is 10.4. The molecule has 4 rings (SSSR count). The number of nitrogens with one attached hydrogen (secondary N) is 1. The second-order valence-corrected chi connectivity index (χ2v) is 8.15. The van der Waals surface area contributed by atoms with E-state index in [0.717, 1.165) is 10.6 Å². The maximum atomic E-state index is 13.1. The molecule has 35 heavy (non-hydrogen) atoms. The first kappa shape index (κ1) is 24.0. The summed E-state index contributed by atoms with van der Waals surface area (Å²) in [5.74, 6) is -0.166. The van der Waals surface area contributed by atoms with Crippen LogP contribution >= 0.6 is 15.9 Å². The number of ether oxygens (including phenoxy) is 3. The number of methoxy groups -OCH3 is 2. The summed E-state index contributed by atoms with van der Waals surface area (Å²) in [5.41, 5.74) is 1.31. The van der Waals surface area contributed by atoms with Crippen molar-refractivity contribution < 1.29 is 28.6 Å². The van der Waals surface area contributed by atoms with E-state index in [1.165, 1.54) is 20.3 Å². The smallest absolute Gasteiger partial charge is 0.335 e. The van der Waals surface area contributed by atoms with E-state index in [4.69, 9.17) is 14.2 Å². The van der Waals surface area contributed by atoms with E-state index < -0.39 is 17.8 Å². The number of urea groups is 1. The van der Waals surface area contributed by atoms with Crippen molar-refractivity contribution in [3.8, 4) is 17.2 Å². The summed E-state index contributed by atoms with van der Waals surface area (Å²) in [6.07, 6.45) is 3.06. The quantitative estimate of drug-likeness (QED) is 0.357. The number of rotatable bonds is 7. The molecule has 0 saturated carbocycles. The Morgan fingerprint density at radius 2 is 1.80 bits per heavy atom. The van der Waals surface area contributed by atoms with Gasteiger partial charge in [-0.25, -0.2) is 9.69 Å². The molecular formula is C25H20BrN3O6. The molecule has 10 heteroatoms. The molecule has 1 N–H and O–H groups in total. The molecule has 1 aliphatic heterocycles. The van der Waals surface area contributed by atoms with Crippen LogP contribution in [0, 0.1) is 0 Å². The zero-order chi connectivity index (χ0) is 24.9. The summed E-state index contributed by atoms with van der Waals surface area (Å²) in [4.78, 5) is 43.2. The highest BCUT2D eigenvalue weighted by Gasteiger charge is 2.36. The van der Waals surface area contributed by atoms with Gasteiger partial charge in [-0.05, 0) is 76.1 Å². The third kappa shape index (κ3) is 5.17. The van der Waals surface area contributed by atoms with Gasteiger partial charge >= 0.3 is 6.03 Å². The number of aromatic nitrogens is 1. The number of hydrogen-bond acceptors (Lipinski definition) is 7. The Kier molecular flexibility index (Phi) is 7.11. The van der Waals surface area contributed by atoms with Crippen molar-refractivity contribution in [3.63, 3.8) is 0 Å². The van der Waals surface area contributed by atoms with E-state index in [2.05, 4.69) is 26.2 Å². The predicted molar refractivity (Wildman–Crippen MR) is 131 cm³/mol. The molecule has 0 spiro atoms. The molecule has 1 aromatic heterocycles. The van der Waals surface area contributed by atoms with Crippen LogP contribution in [0.15, 0.2) is 70.8 Å². The normalized spacial score (nSPS) is 14.7. The van der Waals surface area contributed by atoms with Crippen LogP contribution in [0.1, 0.15) is 11.3 Å². The van der Waals surface area contributed by atoms with E-state index in [0.29, 0.717) is 33.0 Å². The maximum absolute atomic E-state index is 13.1. The highest BCUT2D eigenvalue weighted by atomic mass is 79.9. The fourth-order valence-electron chi connectivity index (χ4n) is 3.38. The summed E-state index contributed by atoms with van der Waals surface area (Å²) >= 11 is 3.46. The zero-order valence-corrected chi connectivity index (χ0v) is 20.4. The Morgan fingerprint density at radius 1 is 1.03 bits per heavy atom. The Labute approximate surface area is 209 Å². The van der Waals surface area contributed by atoms with Gasteiger partial charge in [-0.15, -0.1) is 0 Å². The lowest BCUT2D eigenvalue weighted by Crippen LogP contribution is -2.54. The van der Waals surface area contributed by atoms with Crippen LogP contribution in [0.3, 0.4) is 0 Å². The molecule has 2 heterocycles. The number of carbonyl (C=O) groups excluding carboxylic acids is 3. The van der Waals surface area contributed by atoms with Gasteiger partial charge in [-0.2, -0.15) is 0 Å². The monoisotopic (exact) mass is 537 g/mol. The van der Waals surface area contributed by atoms with Crippen molar-refractivity contribution in [1.82, 2.24) is 10.3 Å². The minimum absolute atomic E-state index is 0.212. The van der Waals surface area contributed by atoms with Crippen molar-refractivity contribution in [2.45, 2.75) is 6.61 Å². The molecule has 178 valence electrons. The van der Waals surface area contributed by atoms with Gasteiger partial charge in [0.1, 0.15) is 17.9 Å². The Balaban J connectivity index is 1.63. The van der Waals surface area contributed by atoms with Crippen LogP contribution in [-0.2, 0) is 16.2 Å². The van der Waals surface area contributed by atoms with E-state index in [1.807, 2.05) is 18.2 Å². The van der Waals surface area contributed by atoms with Crippen LogP contribution in [0.2, 0.25) is 0 Å². The molecule has 2 aromatic carbocycles. The number of halogens is 1. The average Bonchev–Trinajstić information content (AvgIpc) is 2.86. The SMILES string of the molecule is COc1ccc(N2C(=O)NC(=O)/C(=C/c3cc(Br)c(OCc4ccccn4)c(OC)c3)C2=O)cc1. The largest absolute Gasteiger partial charge is 0.497 e. The van der Waals surface area contributed by atoms with Crippen molar-refractivity contribution >= 4 is 45.5 Å². The fraction of sp³-hybridized carbons (Fsp3) is 0.120.